The van der Waals surface area contributed by atoms with Gasteiger partial charge in [-0.15, -0.1) is 0 Å². The third kappa shape index (κ3) is 4.72. The van der Waals surface area contributed by atoms with Crippen LogP contribution in [0.5, 0.6) is 23.0 Å². The Bertz CT molecular complexity index is 1090. The third-order valence-corrected chi connectivity index (χ3v) is 7.77. The van der Waals surface area contributed by atoms with Gasteiger partial charge in [0.1, 0.15) is 49.3 Å². The van der Waals surface area contributed by atoms with Crippen LogP contribution in [-0.4, -0.2) is 74.3 Å². The second-order valence-electron chi connectivity index (χ2n) is 10.2. The highest BCUT2D eigenvalue weighted by Crippen LogP contribution is 2.37. The van der Waals surface area contributed by atoms with E-state index in [1.54, 1.807) is 0 Å². The second-order valence-corrected chi connectivity index (χ2v) is 10.2. The first-order chi connectivity index (χ1) is 17.5. The number of halogens is 1. The van der Waals surface area contributed by atoms with Crippen molar-refractivity contribution in [3.63, 3.8) is 0 Å². The monoisotopic (exact) mass is 499 g/mol. The Hall–Kier alpha value is -2.59. The molecule has 0 aliphatic carbocycles. The standard InChI is InChI=1S/C27H34FN3O5/c1-31-15-16-2-3-17(10-19(16)27(31)32)36-25-12-22(30-14-21(25)28)20-13-29-7-6-23(20)35-18-4-5-24-26(11-18)34-9-8-33-24/h2-5,10-11,20-23,25,27,29-30,32H,6-9,12-15H2,1H3/t20?,21-,22?,23?,25+,27?/m0/s1. The van der Waals surface area contributed by atoms with Crippen molar-refractivity contribution in [3.8, 4) is 23.0 Å². The molecule has 2 saturated heterocycles. The van der Waals surface area contributed by atoms with Crippen LogP contribution in [0, 0.1) is 5.92 Å². The Labute approximate surface area is 210 Å². The lowest BCUT2D eigenvalue weighted by Gasteiger charge is -2.42. The average Bonchev–Trinajstić information content (AvgIpc) is 3.18. The first kappa shape index (κ1) is 23.8. The Kier molecular flexibility index (Phi) is 6.64. The SMILES string of the molecule is CN1Cc2ccc(O[C@@H]3CC(C4CNCCC4Oc4ccc5c(c4)OCCO5)NC[C@@H]3F)cc2C1O. The molecule has 2 aromatic rings. The fourth-order valence-corrected chi connectivity index (χ4v) is 5.80. The molecule has 0 radical (unpaired) electrons. The molecule has 0 spiro atoms. The number of nitrogens with zero attached hydrogens (tertiary/aromatic N) is 1. The minimum Gasteiger partial charge on any atom is -0.490 e. The fourth-order valence-electron chi connectivity index (χ4n) is 5.80. The molecule has 6 atom stereocenters. The van der Waals surface area contributed by atoms with Crippen LogP contribution in [0.2, 0.25) is 0 Å². The van der Waals surface area contributed by atoms with Crippen molar-refractivity contribution >= 4 is 0 Å². The van der Waals surface area contributed by atoms with Crippen LogP contribution in [0.15, 0.2) is 36.4 Å². The predicted octanol–water partition coefficient (Wildman–Crippen LogP) is 2.40. The second kappa shape index (κ2) is 10.0. The van der Waals surface area contributed by atoms with Gasteiger partial charge in [-0.1, -0.05) is 6.07 Å². The summed E-state index contributed by atoms with van der Waals surface area (Å²) in [6.07, 6.45) is -0.962. The Morgan fingerprint density at radius 1 is 1.00 bits per heavy atom. The summed E-state index contributed by atoms with van der Waals surface area (Å²) in [5, 5.41) is 17.3. The number of fused-ring (bicyclic) bond motifs is 2. The van der Waals surface area contributed by atoms with Crippen LogP contribution < -0.4 is 29.6 Å². The smallest absolute Gasteiger partial charge is 0.165 e. The van der Waals surface area contributed by atoms with E-state index >= 15 is 0 Å². The molecule has 8 nitrogen and oxygen atoms in total. The molecule has 0 amide bonds. The topological polar surface area (TPSA) is 84.5 Å². The van der Waals surface area contributed by atoms with Crippen LogP contribution in [0.3, 0.4) is 0 Å². The van der Waals surface area contributed by atoms with Gasteiger partial charge in [-0.2, -0.15) is 0 Å². The Balaban J connectivity index is 1.14. The Morgan fingerprint density at radius 3 is 2.67 bits per heavy atom. The van der Waals surface area contributed by atoms with Crippen LogP contribution in [-0.2, 0) is 6.54 Å². The number of piperidine rings is 2. The molecule has 3 N–H and O–H groups in total. The minimum absolute atomic E-state index is 0.0196. The fraction of sp³-hybridized carbons (Fsp3) is 0.556. The van der Waals surface area contributed by atoms with Crippen LogP contribution in [0.1, 0.15) is 30.2 Å². The van der Waals surface area contributed by atoms with E-state index in [1.165, 1.54) is 0 Å². The van der Waals surface area contributed by atoms with Crippen LogP contribution in [0.4, 0.5) is 4.39 Å². The summed E-state index contributed by atoms with van der Waals surface area (Å²) in [5.41, 5.74) is 1.91. The molecule has 194 valence electrons. The largest absolute Gasteiger partial charge is 0.490 e. The van der Waals surface area contributed by atoms with Gasteiger partial charge in [-0.05, 0) is 49.8 Å². The van der Waals surface area contributed by atoms with E-state index in [-0.39, 0.29) is 24.6 Å². The van der Waals surface area contributed by atoms with Gasteiger partial charge >= 0.3 is 0 Å². The van der Waals surface area contributed by atoms with E-state index in [9.17, 15) is 9.50 Å². The van der Waals surface area contributed by atoms with Gasteiger partial charge in [0.25, 0.3) is 0 Å². The quantitative estimate of drug-likeness (QED) is 0.579. The van der Waals surface area contributed by atoms with Crippen LogP contribution >= 0.6 is 0 Å². The predicted molar refractivity (Wildman–Crippen MR) is 131 cm³/mol. The van der Waals surface area contributed by atoms with Crippen molar-refractivity contribution in [3.05, 3.63) is 47.5 Å². The summed E-state index contributed by atoms with van der Waals surface area (Å²) in [6.45, 7) is 3.67. The van der Waals surface area contributed by atoms with E-state index in [0.29, 0.717) is 37.7 Å². The third-order valence-electron chi connectivity index (χ3n) is 7.77. The molecule has 4 heterocycles. The lowest BCUT2D eigenvalue weighted by Crippen LogP contribution is -2.59. The molecule has 6 rings (SSSR count). The number of alkyl halides is 1. The van der Waals surface area contributed by atoms with Crippen molar-refractivity contribution in [2.75, 3.05) is 39.9 Å². The maximum Gasteiger partial charge on any atom is 0.165 e. The van der Waals surface area contributed by atoms with Crippen molar-refractivity contribution < 1.29 is 28.4 Å². The minimum atomic E-state index is -1.11. The van der Waals surface area contributed by atoms with Crippen molar-refractivity contribution in [2.24, 2.45) is 5.92 Å². The lowest BCUT2D eigenvalue weighted by molar-refractivity contribution is 0.0128. The van der Waals surface area contributed by atoms with Gasteiger partial charge in [0.15, 0.2) is 11.5 Å². The molecule has 0 saturated carbocycles. The maximum atomic E-state index is 15.0. The highest BCUT2D eigenvalue weighted by Gasteiger charge is 2.40. The number of aliphatic hydroxyl groups is 1. The maximum absolute atomic E-state index is 15.0. The zero-order valence-corrected chi connectivity index (χ0v) is 20.5. The van der Waals surface area contributed by atoms with Crippen molar-refractivity contribution in [1.82, 2.24) is 15.5 Å². The van der Waals surface area contributed by atoms with Crippen LogP contribution in [0.25, 0.3) is 0 Å². The molecule has 4 unspecified atom stereocenters. The molecule has 2 fully saturated rings. The summed E-state index contributed by atoms with van der Waals surface area (Å²) in [5.74, 6) is 2.96. The normalized spacial score (nSPS) is 32.1. The molecule has 0 bridgehead atoms. The highest BCUT2D eigenvalue weighted by molar-refractivity contribution is 5.46. The molecular weight excluding hydrogens is 465 g/mol. The highest BCUT2D eigenvalue weighted by atomic mass is 19.1. The van der Waals surface area contributed by atoms with Gasteiger partial charge in [0, 0.05) is 49.6 Å². The lowest BCUT2D eigenvalue weighted by atomic mass is 9.83. The molecular formula is C27H34FN3O5. The van der Waals surface area contributed by atoms with E-state index in [1.807, 2.05) is 48.3 Å². The number of rotatable bonds is 5. The summed E-state index contributed by atoms with van der Waals surface area (Å²) in [6, 6.07) is 11.4. The Morgan fingerprint density at radius 2 is 1.78 bits per heavy atom. The molecule has 0 aromatic heterocycles. The van der Waals surface area contributed by atoms with E-state index in [4.69, 9.17) is 18.9 Å². The van der Waals surface area contributed by atoms with Crippen molar-refractivity contribution in [2.45, 2.75) is 50.0 Å². The van der Waals surface area contributed by atoms with Crippen molar-refractivity contribution in [1.29, 1.82) is 0 Å². The number of aliphatic hydroxyl groups excluding tert-OH is 1. The summed E-state index contributed by atoms with van der Waals surface area (Å²) >= 11 is 0. The van der Waals surface area contributed by atoms with Gasteiger partial charge in [0.05, 0.1) is 0 Å². The molecule has 2 aromatic carbocycles. The number of hydrogen-bond donors (Lipinski definition) is 3. The molecule has 4 aliphatic heterocycles. The first-order valence-electron chi connectivity index (χ1n) is 12.9. The van der Waals surface area contributed by atoms with Gasteiger partial charge < -0.3 is 34.7 Å². The van der Waals surface area contributed by atoms with E-state index < -0.39 is 18.5 Å². The molecule has 36 heavy (non-hydrogen) atoms. The molecule has 9 heteroatoms. The number of ether oxygens (including phenoxy) is 4. The first-order valence-corrected chi connectivity index (χ1v) is 12.9. The summed E-state index contributed by atoms with van der Waals surface area (Å²) in [7, 11) is 1.88. The number of benzene rings is 2. The van der Waals surface area contributed by atoms with Gasteiger partial charge in [-0.3, -0.25) is 4.90 Å². The number of nitrogens with one attached hydrogen (secondary N) is 2. The van der Waals surface area contributed by atoms with E-state index in [0.717, 1.165) is 42.1 Å². The summed E-state index contributed by atoms with van der Waals surface area (Å²) < 4.78 is 38.9. The molecule has 4 aliphatic rings. The van der Waals surface area contributed by atoms with Gasteiger partial charge in [-0.25, -0.2) is 4.39 Å². The number of hydrogen-bond acceptors (Lipinski definition) is 8. The van der Waals surface area contributed by atoms with Gasteiger partial charge in [0.2, 0.25) is 0 Å². The summed E-state index contributed by atoms with van der Waals surface area (Å²) in [4.78, 5) is 1.87. The van der Waals surface area contributed by atoms with E-state index in [2.05, 4.69) is 10.6 Å². The zero-order valence-electron chi connectivity index (χ0n) is 20.5. The zero-order chi connectivity index (χ0) is 24.6. The average molecular weight is 500 g/mol.